The molecule has 3 aromatic rings. The maximum Gasteiger partial charge on any atom is 0.334 e. The Bertz CT molecular complexity index is 1550. The maximum atomic E-state index is 13.8. The Kier molecular flexibility index (Phi) is 8.10. The highest BCUT2D eigenvalue weighted by atomic mass is 32.2. The Morgan fingerprint density at radius 2 is 1.49 bits per heavy atom. The van der Waals surface area contributed by atoms with Gasteiger partial charge in [0.05, 0.1) is 36.7 Å². The predicted molar refractivity (Wildman–Crippen MR) is 158 cm³/mol. The van der Waals surface area contributed by atoms with Crippen LogP contribution >= 0.6 is 23.5 Å². The minimum atomic E-state index is -0.886. The van der Waals surface area contributed by atoms with E-state index in [1.165, 1.54) is 16.8 Å². The van der Waals surface area contributed by atoms with Gasteiger partial charge in [-0.05, 0) is 42.0 Å². The number of thioether (sulfide) groups is 1. The molecular formula is C30H26N4O7S2. The molecule has 2 unspecified atom stereocenters. The first-order chi connectivity index (χ1) is 20.8. The molecular weight excluding hydrogens is 592 g/mol. The van der Waals surface area contributed by atoms with E-state index in [2.05, 4.69) is 5.43 Å². The molecule has 43 heavy (non-hydrogen) atoms. The number of hydrogen-bond donors (Lipinski definition) is 1. The number of hydrazine groups is 1. The van der Waals surface area contributed by atoms with Crippen molar-refractivity contribution in [1.29, 1.82) is 0 Å². The molecule has 2 atom stereocenters. The second-order valence-electron chi connectivity index (χ2n) is 9.81. The molecule has 4 amide bonds. The van der Waals surface area contributed by atoms with Gasteiger partial charge in [0.15, 0.2) is 0 Å². The van der Waals surface area contributed by atoms with E-state index >= 15 is 0 Å². The summed E-state index contributed by atoms with van der Waals surface area (Å²) in [6.45, 7) is -0.208. The quantitative estimate of drug-likeness (QED) is 0.371. The molecule has 3 heterocycles. The number of benzene rings is 3. The molecule has 11 nitrogen and oxygen atoms in total. The number of carbonyl (C=O) groups excluding carboxylic acids is 5. The molecule has 6 rings (SSSR count). The Hall–Kier alpha value is -4.33. The van der Waals surface area contributed by atoms with Crippen LogP contribution in [0.25, 0.3) is 0 Å². The van der Waals surface area contributed by atoms with Crippen LogP contribution in [-0.2, 0) is 28.8 Å². The second-order valence-corrected chi connectivity index (χ2v) is 12.2. The summed E-state index contributed by atoms with van der Waals surface area (Å²) in [6.07, 6.45) is -0.429. The molecule has 1 N–H and O–H groups in total. The van der Waals surface area contributed by atoms with Gasteiger partial charge in [-0.15, -0.1) is 16.8 Å². The molecule has 3 aliphatic rings. The average molecular weight is 619 g/mol. The minimum absolute atomic E-state index is 0.0286. The number of nitrogens with one attached hydrogen (secondary N) is 1. The van der Waals surface area contributed by atoms with Crippen LogP contribution in [0.5, 0.6) is 5.75 Å². The lowest BCUT2D eigenvalue weighted by Crippen LogP contribution is -2.47. The summed E-state index contributed by atoms with van der Waals surface area (Å²) in [5.41, 5.74) is 5.26. The van der Waals surface area contributed by atoms with Crippen LogP contribution in [-0.4, -0.2) is 58.6 Å². The van der Waals surface area contributed by atoms with Crippen LogP contribution in [0.15, 0.2) is 82.6 Å². The Balaban J connectivity index is 1.22. The maximum absolute atomic E-state index is 13.8. The lowest BCUT2D eigenvalue weighted by Gasteiger charge is -2.32. The smallest absolute Gasteiger partial charge is 0.334 e. The fourth-order valence-corrected chi connectivity index (χ4v) is 7.44. The van der Waals surface area contributed by atoms with E-state index < -0.39 is 34.3 Å². The zero-order valence-electron chi connectivity index (χ0n) is 22.9. The van der Waals surface area contributed by atoms with Crippen molar-refractivity contribution in [2.24, 2.45) is 0 Å². The van der Waals surface area contributed by atoms with Crippen molar-refractivity contribution < 1.29 is 33.5 Å². The number of fused-ring (bicyclic) bond motifs is 2. The molecule has 0 saturated carbocycles. The monoisotopic (exact) mass is 618 g/mol. The van der Waals surface area contributed by atoms with Gasteiger partial charge in [0, 0.05) is 22.6 Å². The highest BCUT2D eigenvalue weighted by molar-refractivity contribution is 8.01. The second kappa shape index (κ2) is 12.1. The van der Waals surface area contributed by atoms with Crippen LogP contribution in [0.4, 0.5) is 11.4 Å². The van der Waals surface area contributed by atoms with Gasteiger partial charge in [-0.25, -0.2) is 10.2 Å². The van der Waals surface area contributed by atoms with Crippen molar-refractivity contribution in [3.05, 3.63) is 78.4 Å². The van der Waals surface area contributed by atoms with E-state index in [9.17, 15) is 24.0 Å². The summed E-state index contributed by atoms with van der Waals surface area (Å²) in [7, 11) is 1.55. The van der Waals surface area contributed by atoms with Crippen molar-refractivity contribution in [2.45, 2.75) is 39.7 Å². The normalized spacial score (nSPS) is 19.4. The Morgan fingerprint density at radius 3 is 2.09 bits per heavy atom. The predicted octanol–water partition coefficient (Wildman–Crippen LogP) is 3.97. The standard InChI is InChI=1S/C30H26N4O7S2/c1-40-19-12-10-18(11-13-19)30-33(29(39)24(43-30)16-28(38)41-34-25(35)14-15-26(34)36)31-17-27(37)32-20-6-2-4-8-22(20)42-23-9-5-3-7-21(23)32/h2-13,24,30-31H,14-17H2,1H3. The van der Waals surface area contributed by atoms with Crippen LogP contribution in [0.1, 0.15) is 30.2 Å². The van der Waals surface area contributed by atoms with E-state index in [4.69, 9.17) is 9.57 Å². The summed E-state index contributed by atoms with van der Waals surface area (Å²) < 4.78 is 5.26. The lowest BCUT2D eigenvalue weighted by atomic mass is 10.2. The summed E-state index contributed by atoms with van der Waals surface area (Å²) in [4.78, 5) is 72.4. The Morgan fingerprint density at radius 1 is 0.884 bits per heavy atom. The number of imide groups is 1. The highest BCUT2D eigenvalue weighted by Crippen LogP contribution is 2.48. The van der Waals surface area contributed by atoms with Gasteiger partial charge >= 0.3 is 5.97 Å². The number of amides is 4. The van der Waals surface area contributed by atoms with Gasteiger partial charge in [0.25, 0.3) is 17.7 Å². The van der Waals surface area contributed by atoms with Crippen molar-refractivity contribution in [2.75, 3.05) is 18.6 Å². The van der Waals surface area contributed by atoms with Crippen LogP contribution < -0.4 is 15.1 Å². The third-order valence-electron chi connectivity index (χ3n) is 7.07. The van der Waals surface area contributed by atoms with Crippen molar-refractivity contribution >= 4 is 64.5 Å². The largest absolute Gasteiger partial charge is 0.497 e. The number of anilines is 2. The molecule has 2 fully saturated rings. The van der Waals surface area contributed by atoms with Gasteiger partial charge in [-0.1, -0.05) is 48.2 Å². The third-order valence-corrected chi connectivity index (χ3v) is 9.64. The number of rotatable bonds is 8. The lowest BCUT2D eigenvalue weighted by molar-refractivity contribution is -0.197. The number of hydrogen-bond acceptors (Lipinski definition) is 10. The molecule has 3 aromatic carbocycles. The Labute approximate surface area is 255 Å². The number of nitrogens with zero attached hydrogens (tertiary/aromatic N) is 3. The molecule has 0 bridgehead atoms. The molecule has 2 saturated heterocycles. The van der Waals surface area contributed by atoms with Crippen molar-refractivity contribution in [3.63, 3.8) is 0 Å². The van der Waals surface area contributed by atoms with E-state index in [-0.39, 0.29) is 31.7 Å². The van der Waals surface area contributed by atoms with Gasteiger partial charge in [0.2, 0.25) is 5.91 Å². The molecule has 0 aliphatic carbocycles. The fraction of sp³-hybridized carbons (Fsp3) is 0.233. The molecule has 0 spiro atoms. The average Bonchev–Trinajstić information content (AvgIpc) is 3.51. The topological polar surface area (TPSA) is 126 Å². The summed E-state index contributed by atoms with van der Waals surface area (Å²) in [5.74, 6) is -2.15. The number of carbonyl (C=O) groups is 5. The molecule has 0 aromatic heterocycles. The summed E-state index contributed by atoms with van der Waals surface area (Å²) in [6, 6.07) is 22.4. The van der Waals surface area contributed by atoms with E-state index in [1.54, 1.807) is 48.0 Å². The van der Waals surface area contributed by atoms with Crippen molar-refractivity contribution in [3.8, 4) is 5.75 Å². The van der Waals surface area contributed by atoms with Gasteiger partial charge < -0.3 is 9.57 Å². The minimum Gasteiger partial charge on any atom is -0.497 e. The molecule has 0 radical (unpaired) electrons. The van der Waals surface area contributed by atoms with Crippen LogP contribution in [0, 0.1) is 0 Å². The SMILES string of the molecule is COc1ccc(C2SC(CC(=O)ON3C(=O)CCC3=O)C(=O)N2NCC(=O)N2c3ccccc3Sc3ccccc32)cc1. The van der Waals surface area contributed by atoms with Gasteiger partial charge in [0.1, 0.15) is 11.1 Å². The number of methoxy groups -OCH3 is 1. The number of hydroxylamine groups is 2. The van der Waals surface area contributed by atoms with Crippen LogP contribution in [0.2, 0.25) is 0 Å². The van der Waals surface area contributed by atoms with Gasteiger partial charge in [-0.2, -0.15) is 0 Å². The van der Waals surface area contributed by atoms with E-state index in [0.29, 0.717) is 10.8 Å². The molecule has 220 valence electrons. The molecule has 3 aliphatic heterocycles. The third kappa shape index (κ3) is 5.70. The summed E-state index contributed by atoms with van der Waals surface area (Å²) in [5, 5.41) is 0.345. The zero-order valence-corrected chi connectivity index (χ0v) is 24.6. The van der Waals surface area contributed by atoms with Crippen molar-refractivity contribution in [1.82, 2.24) is 15.5 Å². The zero-order chi connectivity index (χ0) is 30.1. The van der Waals surface area contributed by atoms with E-state index in [0.717, 1.165) is 26.7 Å². The first-order valence-corrected chi connectivity index (χ1v) is 15.2. The van der Waals surface area contributed by atoms with E-state index in [1.807, 2.05) is 48.5 Å². The highest BCUT2D eigenvalue weighted by Gasteiger charge is 2.44. The fourth-order valence-electron chi connectivity index (χ4n) is 4.99. The first kappa shape index (κ1) is 28.8. The number of ether oxygens (including phenoxy) is 1. The number of para-hydroxylation sites is 2. The van der Waals surface area contributed by atoms with Crippen LogP contribution in [0.3, 0.4) is 0 Å². The summed E-state index contributed by atoms with van der Waals surface area (Å²) >= 11 is 2.78. The molecule has 13 heteroatoms. The van der Waals surface area contributed by atoms with Gasteiger partial charge in [-0.3, -0.25) is 29.1 Å². The first-order valence-electron chi connectivity index (χ1n) is 13.5.